The predicted molar refractivity (Wildman–Crippen MR) is 110 cm³/mol. The molecule has 2 aliphatic heterocycles. The van der Waals surface area contributed by atoms with Gasteiger partial charge in [0.25, 0.3) is 5.91 Å². The number of nitrogens with zero attached hydrogens (tertiary/aromatic N) is 1. The number of piperidine rings is 1. The zero-order chi connectivity index (χ0) is 18.8. The number of benzene rings is 2. The lowest BCUT2D eigenvalue weighted by molar-refractivity contribution is -0.113. The summed E-state index contributed by atoms with van der Waals surface area (Å²) in [5.74, 6) is 1.04. The fraction of sp³-hybridized carbons (Fsp3) is 0.333. The van der Waals surface area contributed by atoms with E-state index >= 15 is 0 Å². The highest BCUT2D eigenvalue weighted by atomic mass is 35.5. The molecule has 2 aromatic rings. The lowest BCUT2D eigenvalue weighted by Crippen LogP contribution is -2.39. The van der Waals surface area contributed by atoms with Gasteiger partial charge in [0.05, 0.1) is 11.4 Å². The van der Waals surface area contributed by atoms with Gasteiger partial charge >= 0.3 is 0 Å². The maximum Gasteiger partial charge on any atom is 0.253 e. The quantitative estimate of drug-likeness (QED) is 0.826. The molecule has 0 saturated carbocycles. The predicted octanol–water partition coefficient (Wildman–Crippen LogP) is 4.48. The molecule has 2 aliphatic rings. The van der Waals surface area contributed by atoms with Crippen molar-refractivity contribution in [3.8, 4) is 0 Å². The van der Waals surface area contributed by atoms with Gasteiger partial charge in [-0.15, -0.1) is 11.8 Å². The van der Waals surface area contributed by atoms with Crippen molar-refractivity contribution in [2.24, 2.45) is 5.92 Å². The maximum absolute atomic E-state index is 12.9. The summed E-state index contributed by atoms with van der Waals surface area (Å²) in [4.78, 5) is 27.4. The molecule has 4 nitrogen and oxygen atoms in total. The number of halogens is 1. The van der Waals surface area contributed by atoms with Gasteiger partial charge in [-0.1, -0.05) is 23.7 Å². The van der Waals surface area contributed by atoms with Gasteiger partial charge in [0.2, 0.25) is 5.91 Å². The Morgan fingerprint density at radius 2 is 2.00 bits per heavy atom. The Labute approximate surface area is 168 Å². The first-order chi connectivity index (χ1) is 13.1. The van der Waals surface area contributed by atoms with Crippen molar-refractivity contribution in [2.75, 3.05) is 24.2 Å². The van der Waals surface area contributed by atoms with Crippen molar-refractivity contribution in [1.82, 2.24) is 4.90 Å². The molecule has 6 heteroatoms. The van der Waals surface area contributed by atoms with E-state index in [0.717, 1.165) is 48.0 Å². The molecule has 27 heavy (non-hydrogen) atoms. The van der Waals surface area contributed by atoms with Gasteiger partial charge in [-0.05, 0) is 61.1 Å². The van der Waals surface area contributed by atoms with Gasteiger partial charge in [0, 0.05) is 28.6 Å². The Hall–Kier alpha value is -1.98. The summed E-state index contributed by atoms with van der Waals surface area (Å²) >= 11 is 7.58. The molecule has 0 aromatic heterocycles. The minimum absolute atomic E-state index is 0.0149. The fourth-order valence-corrected chi connectivity index (χ4v) is 4.74. The first-order valence-electron chi connectivity index (χ1n) is 9.19. The molecule has 0 bridgehead atoms. The van der Waals surface area contributed by atoms with Gasteiger partial charge in [-0.3, -0.25) is 9.59 Å². The van der Waals surface area contributed by atoms with Crippen molar-refractivity contribution in [3.63, 3.8) is 0 Å². The number of anilines is 1. The number of hydrogen-bond donors (Lipinski definition) is 1. The SMILES string of the molecule is O=C1CSc2ccc(C(=O)N3CCC(Cc4cccc(Cl)c4)CC3)cc2N1. The number of thioether (sulfide) groups is 1. The summed E-state index contributed by atoms with van der Waals surface area (Å²) in [6.45, 7) is 1.53. The first-order valence-corrected chi connectivity index (χ1v) is 10.6. The molecule has 0 atom stereocenters. The van der Waals surface area contributed by atoms with Crippen LogP contribution < -0.4 is 5.32 Å². The van der Waals surface area contributed by atoms with Gasteiger partial charge in [-0.25, -0.2) is 0 Å². The fourth-order valence-electron chi connectivity index (χ4n) is 3.74. The molecule has 4 rings (SSSR count). The molecule has 2 amide bonds. The van der Waals surface area contributed by atoms with Crippen LogP contribution in [0.25, 0.3) is 0 Å². The average molecular weight is 401 g/mol. The van der Waals surface area contributed by atoms with Crippen LogP contribution in [0.15, 0.2) is 47.4 Å². The smallest absolute Gasteiger partial charge is 0.253 e. The monoisotopic (exact) mass is 400 g/mol. The number of carbonyl (C=O) groups excluding carboxylic acids is 2. The summed E-state index contributed by atoms with van der Waals surface area (Å²) in [7, 11) is 0. The second-order valence-corrected chi connectivity index (χ2v) is 8.57. The number of likely N-dealkylation sites (tertiary alicyclic amines) is 1. The minimum atomic E-state index is -0.0149. The van der Waals surface area contributed by atoms with Crippen molar-refractivity contribution in [3.05, 3.63) is 58.6 Å². The van der Waals surface area contributed by atoms with Crippen LogP contribution >= 0.6 is 23.4 Å². The Bertz CT molecular complexity index is 878. The van der Waals surface area contributed by atoms with Crippen LogP contribution in [0.2, 0.25) is 5.02 Å². The number of carbonyl (C=O) groups is 2. The second-order valence-electron chi connectivity index (χ2n) is 7.12. The van der Waals surface area contributed by atoms with Gasteiger partial charge in [0.1, 0.15) is 0 Å². The standard InChI is InChI=1S/C21H21ClN2O2S/c22-17-3-1-2-15(11-17)10-14-6-8-24(9-7-14)21(26)16-4-5-19-18(12-16)23-20(25)13-27-19/h1-5,11-12,14H,6-10,13H2,(H,23,25). The van der Waals surface area contributed by atoms with Crippen molar-refractivity contribution >= 4 is 40.9 Å². The average Bonchev–Trinajstić information content (AvgIpc) is 2.67. The largest absolute Gasteiger partial charge is 0.339 e. The van der Waals surface area contributed by atoms with Crippen molar-refractivity contribution in [1.29, 1.82) is 0 Å². The molecule has 0 spiro atoms. The Morgan fingerprint density at radius 1 is 1.19 bits per heavy atom. The zero-order valence-corrected chi connectivity index (χ0v) is 16.5. The summed E-state index contributed by atoms with van der Waals surface area (Å²) in [5, 5.41) is 3.63. The highest BCUT2D eigenvalue weighted by Crippen LogP contribution is 2.32. The van der Waals surface area contributed by atoms with Crippen molar-refractivity contribution in [2.45, 2.75) is 24.2 Å². The molecule has 0 radical (unpaired) electrons. The molecular weight excluding hydrogens is 380 g/mol. The molecule has 1 saturated heterocycles. The lowest BCUT2D eigenvalue weighted by Gasteiger charge is -2.32. The van der Waals surface area contributed by atoms with E-state index in [0.29, 0.717) is 17.2 Å². The number of nitrogens with one attached hydrogen (secondary N) is 1. The summed E-state index contributed by atoms with van der Waals surface area (Å²) < 4.78 is 0. The topological polar surface area (TPSA) is 49.4 Å². The van der Waals surface area contributed by atoms with Crippen LogP contribution in [0.4, 0.5) is 5.69 Å². The first kappa shape index (κ1) is 18.4. The molecule has 0 aliphatic carbocycles. The third-order valence-corrected chi connectivity index (χ3v) is 6.48. The summed E-state index contributed by atoms with van der Waals surface area (Å²) in [6, 6.07) is 13.6. The normalized spacial score (nSPS) is 17.4. The highest BCUT2D eigenvalue weighted by Gasteiger charge is 2.25. The van der Waals surface area contributed by atoms with Crippen LogP contribution in [-0.4, -0.2) is 35.6 Å². The third kappa shape index (κ3) is 4.30. The summed E-state index contributed by atoms with van der Waals surface area (Å²) in [5.41, 5.74) is 2.65. The van der Waals surface area contributed by atoms with E-state index in [2.05, 4.69) is 11.4 Å². The lowest BCUT2D eigenvalue weighted by atomic mass is 9.90. The van der Waals surface area contributed by atoms with E-state index in [4.69, 9.17) is 11.6 Å². The second kappa shape index (κ2) is 7.95. The van der Waals surface area contributed by atoms with E-state index in [1.165, 1.54) is 17.3 Å². The Morgan fingerprint density at radius 3 is 2.78 bits per heavy atom. The van der Waals surface area contributed by atoms with Crippen LogP contribution in [-0.2, 0) is 11.2 Å². The van der Waals surface area contributed by atoms with E-state index in [1.54, 1.807) is 6.07 Å². The molecule has 2 heterocycles. The maximum atomic E-state index is 12.9. The third-order valence-electron chi connectivity index (χ3n) is 5.17. The molecule has 140 valence electrons. The van der Waals surface area contributed by atoms with Gasteiger partial charge in [-0.2, -0.15) is 0 Å². The van der Waals surface area contributed by atoms with Crippen LogP contribution in [0.1, 0.15) is 28.8 Å². The molecule has 1 N–H and O–H groups in total. The molecule has 1 fully saturated rings. The zero-order valence-electron chi connectivity index (χ0n) is 14.9. The molecule has 0 unspecified atom stereocenters. The highest BCUT2D eigenvalue weighted by molar-refractivity contribution is 8.00. The Balaban J connectivity index is 1.37. The van der Waals surface area contributed by atoms with Crippen LogP contribution in [0.3, 0.4) is 0 Å². The minimum Gasteiger partial charge on any atom is -0.339 e. The van der Waals surface area contributed by atoms with Crippen LogP contribution in [0, 0.1) is 5.92 Å². The number of fused-ring (bicyclic) bond motifs is 1. The van der Waals surface area contributed by atoms with Gasteiger partial charge < -0.3 is 10.2 Å². The Kier molecular flexibility index (Phi) is 5.41. The van der Waals surface area contributed by atoms with Crippen molar-refractivity contribution < 1.29 is 9.59 Å². The summed E-state index contributed by atoms with van der Waals surface area (Å²) in [6.07, 6.45) is 3.00. The van der Waals surface area contributed by atoms with E-state index in [-0.39, 0.29) is 11.8 Å². The van der Waals surface area contributed by atoms with E-state index < -0.39 is 0 Å². The van der Waals surface area contributed by atoms with Crippen LogP contribution in [0.5, 0.6) is 0 Å². The number of amides is 2. The molecular formula is C21H21ClN2O2S. The molecule has 2 aromatic carbocycles. The number of hydrogen-bond acceptors (Lipinski definition) is 3. The van der Waals surface area contributed by atoms with E-state index in [1.807, 2.05) is 35.2 Å². The van der Waals surface area contributed by atoms with Gasteiger partial charge in [0.15, 0.2) is 0 Å². The van der Waals surface area contributed by atoms with E-state index in [9.17, 15) is 9.59 Å². The number of rotatable bonds is 3.